The number of rotatable bonds is 2. The predicted octanol–water partition coefficient (Wildman–Crippen LogP) is 1.17. The molecule has 0 saturated carbocycles. The van der Waals surface area contributed by atoms with Gasteiger partial charge in [-0.3, -0.25) is 0 Å². The summed E-state index contributed by atoms with van der Waals surface area (Å²) in [6.07, 6.45) is 7.81. The summed E-state index contributed by atoms with van der Waals surface area (Å²) in [5.74, 6) is 2.68. The van der Waals surface area contributed by atoms with E-state index in [1.165, 1.54) is 0 Å². The van der Waals surface area contributed by atoms with Crippen LogP contribution >= 0.6 is 0 Å². The highest BCUT2D eigenvalue weighted by molar-refractivity contribution is 4.97. The third kappa shape index (κ3) is 2.84. The van der Waals surface area contributed by atoms with Gasteiger partial charge in [0, 0.05) is 12.6 Å². The van der Waals surface area contributed by atoms with Crippen molar-refractivity contribution in [3.8, 4) is 12.3 Å². The molecule has 2 heteroatoms. The summed E-state index contributed by atoms with van der Waals surface area (Å²) in [6.45, 7) is 4.98. The molecule has 0 aromatic rings. The average Bonchev–Trinajstić information content (AvgIpc) is 2.04. The molecule has 1 fully saturated rings. The Labute approximate surface area is 74.7 Å². The molecule has 3 unspecified atom stereocenters. The monoisotopic (exact) mass is 167 g/mol. The van der Waals surface area contributed by atoms with Gasteiger partial charge in [0.15, 0.2) is 0 Å². The van der Waals surface area contributed by atoms with Gasteiger partial charge in [0.1, 0.15) is 0 Å². The normalized spacial score (nSPS) is 32.4. The van der Waals surface area contributed by atoms with E-state index >= 15 is 0 Å². The molecule has 0 radical (unpaired) electrons. The number of ether oxygens (including phenoxy) is 1. The Kier molecular flexibility index (Phi) is 3.58. The van der Waals surface area contributed by atoms with Gasteiger partial charge >= 0.3 is 0 Å². The van der Waals surface area contributed by atoms with Gasteiger partial charge in [-0.1, -0.05) is 5.92 Å². The van der Waals surface area contributed by atoms with Crippen molar-refractivity contribution in [1.29, 1.82) is 0 Å². The third-order valence-electron chi connectivity index (χ3n) is 2.22. The minimum absolute atomic E-state index is 0.181. The van der Waals surface area contributed by atoms with Crippen molar-refractivity contribution in [2.45, 2.75) is 44.9 Å². The van der Waals surface area contributed by atoms with Gasteiger partial charge in [0.2, 0.25) is 0 Å². The largest absolute Gasteiger partial charge is 0.378 e. The average molecular weight is 167 g/mol. The summed E-state index contributed by atoms with van der Waals surface area (Å²) in [6, 6.07) is 0.722. The van der Waals surface area contributed by atoms with Crippen LogP contribution in [-0.2, 0) is 4.74 Å². The van der Waals surface area contributed by atoms with Crippen LogP contribution in [0, 0.1) is 12.3 Å². The molecule has 1 saturated heterocycles. The molecule has 1 rings (SSSR count). The lowest BCUT2D eigenvalue weighted by molar-refractivity contribution is 0.0127. The van der Waals surface area contributed by atoms with Gasteiger partial charge in [-0.25, -0.2) is 0 Å². The minimum atomic E-state index is 0.181. The van der Waals surface area contributed by atoms with Crippen LogP contribution in [0.5, 0.6) is 0 Å². The first kappa shape index (κ1) is 9.57. The van der Waals surface area contributed by atoms with E-state index in [2.05, 4.69) is 18.2 Å². The Balaban J connectivity index is 2.28. The van der Waals surface area contributed by atoms with Gasteiger partial charge in [0.25, 0.3) is 0 Å². The van der Waals surface area contributed by atoms with Crippen LogP contribution in [0.3, 0.4) is 0 Å². The molecule has 0 aromatic carbocycles. The predicted molar refractivity (Wildman–Crippen MR) is 49.9 cm³/mol. The van der Waals surface area contributed by atoms with Gasteiger partial charge in [0.05, 0.1) is 12.1 Å². The summed E-state index contributed by atoms with van der Waals surface area (Å²) >= 11 is 0. The lowest BCUT2D eigenvalue weighted by Crippen LogP contribution is -2.41. The van der Waals surface area contributed by atoms with Crippen LogP contribution in [0.1, 0.15) is 26.7 Å². The molecule has 68 valence electrons. The molecule has 0 amide bonds. The Morgan fingerprint density at radius 1 is 1.67 bits per heavy atom. The fraction of sp³-hybridized carbons (Fsp3) is 0.800. The van der Waals surface area contributed by atoms with E-state index in [-0.39, 0.29) is 6.04 Å². The first-order valence-electron chi connectivity index (χ1n) is 4.56. The molecule has 1 N–H and O–H groups in total. The number of hydrogen-bond donors (Lipinski definition) is 1. The van der Waals surface area contributed by atoms with E-state index < -0.39 is 0 Å². The van der Waals surface area contributed by atoms with Gasteiger partial charge in [-0.2, -0.15) is 0 Å². The molecule has 0 spiro atoms. The molecule has 0 aromatic heterocycles. The van der Waals surface area contributed by atoms with Crippen molar-refractivity contribution in [3.05, 3.63) is 0 Å². The van der Waals surface area contributed by atoms with Crippen LogP contribution in [0.25, 0.3) is 0 Å². The molecule has 3 atom stereocenters. The Morgan fingerprint density at radius 2 is 2.42 bits per heavy atom. The second-order valence-electron chi connectivity index (χ2n) is 3.46. The lowest BCUT2D eigenvalue weighted by atomic mass is 10.0. The zero-order valence-electron chi connectivity index (χ0n) is 7.84. The smallest absolute Gasteiger partial charge is 0.0660 e. The number of hydrogen-bond acceptors (Lipinski definition) is 2. The highest BCUT2D eigenvalue weighted by Crippen LogP contribution is 2.13. The summed E-state index contributed by atoms with van der Waals surface area (Å²) in [5.41, 5.74) is 0. The molecule has 1 aliphatic rings. The topological polar surface area (TPSA) is 21.3 Å². The van der Waals surface area contributed by atoms with E-state index in [4.69, 9.17) is 11.2 Å². The third-order valence-corrected chi connectivity index (χ3v) is 2.22. The number of nitrogens with one attached hydrogen (secondary N) is 1. The molecule has 12 heavy (non-hydrogen) atoms. The van der Waals surface area contributed by atoms with Crippen LogP contribution < -0.4 is 5.32 Å². The van der Waals surface area contributed by atoms with E-state index in [1.54, 1.807) is 0 Å². The summed E-state index contributed by atoms with van der Waals surface area (Å²) in [7, 11) is 0. The molecule has 1 aliphatic heterocycles. The van der Waals surface area contributed by atoms with Gasteiger partial charge < -0.3 is 10.1 Å². The molecular weight excluding hydrogens is 150 g/mol. The van der Waals surface area contributed by atoms with Gasteiger partial charge in [-0.05, 0) is 26.7 Å². The fourth-order valence-electron chi connectivity index (χ4n) is 1.55. The maximum atomic E-state index is 5.43. The quantitative estimate of drug-likeness (QED) is 0.623. The number of terminal acetylenes is 1. The first-order valence-corrected chi connectivity index (χ1v) is 4.56. The van der Waals surface area contributed by atoms with Crippen molar-refractivity contribution in [1.82, 2.24) is 5.32 Å². The van der Waals surface area contributed by atoms with Crippen molar-refractivity contribution >= 4 is 0 Å². The maximum absolute atomic E-state index is 5.43. The minimum Gasteiger partial charge on any atom is -0.378 e. The highest BCUT2D eigenvalue weighted by Gasteiger charge is 2.19. The van der Waals surface area contributed by atoms with E-state index in [1.807, 2.05) is 6.92 Å². The van der Waals surface area contributed by atoms with E-state index in [9.17, 15) is 0 Å². The summed E-state index contributed by atoms with van der Waals surface area (Å²) in [5, 5.41) is 3.38. The van der Waals surface area contributed by atoms with Crippen LogP contribution in [0.15, 0.2) is 0 Å². The van der Waals surface area contributed by atoms with E-state index in [0.29, 0.717) is 12.1 Å². The van der Waals surface area contributed by atoms with Crippen molar-refractivity contribution in [2.75, 3.05) is 6.61 Å². The van der Waals surface area contributed by atoms with E-state index in [0.717, 1.165) is 19.4 Å². The summed E-state index contributed by atoms with van der Waals surface area (Å²) in [4.78, 5) is 0. The van der Waals surface area contributed by atoms with Crippen LogP contribution in [0.2, 0.25) is 0 Å². The fourth-order valence-corrected chi connectivity index (χ4v) is 1.55. The van der Waals surface area contributed by atoms with Crippen molar-refractivity contribution in [3.63, 3.8) is 0 Å². The Hall–Kier alpha value is -0.520. The standard InChI is InChI=1S/C10H17NO/c1-4-8(2)11-10-5-6-12-9(3)7-10/h1,8-11H,5-7H2,2-3H3. The van der Waals surface area contributed by atoms with Crippen molar-refractivity contribution in [2.24, 2.45) is 0 Å². The lowest BCUT2D eigenvalue weighted by Gasteiger charge is -2.29. The molecule has 2 nitrogen and oxygen atoms in total. The second-order valence-corrected chi connectivity index (χ2v) is 3.46. The SMILES string of the molecule is C#CC(C)NC1CCOC(C)C1. The summed E-state index contributed by atoms with van der Waals surface area (Å²) < 4.78 is 5.43. The van der Waals surface area contributed by atoms with Crippen molar-refractivity contribution < 1.29 is 4.74 Å². The van der Waals surface area contributed by atoms with Crippen LogP contribution in [0.4, 0.5) is 0 Å². The zero-order valence-corrected chi connectivity index (χ0v) is 7.84. The molecule has 1 heterocycles. The molecule has 0 bridgehead atoms. The van der Waals surface area contributed by atoms with Gasteiger partial charge in [-0.15, -0.1) is 6.42 Å². The molecular formula is C10H17NO. The van der Waals surface area contributed by atoms with Crippen LogP contribution in [-0.4, -0.2) is 24.8 Å². The molecule has 0 aliphatic carbocycles. The maximum Gasteiger partial charge on any atom is 0.0660 e. The zero-order chi connectivity index (χ0) is 8.97. The Bertz CT molecular complexity index is 173. The second kappa shape index (κ2) is 4.49. The highest BCUT2D eigenvalue weighted by atomic mass is 16.5. The first-order chi connectivity index (χ1) is 5.72. The Morgan fingerprint density at radius 3 is 3.00 bits per heavy atom.